The van der Waals surface area contributed by atoms with Crippen LogP contribution in [-0.2, 0) is 0 Å². The highest BCUT2D eigenvalue weighted by Crippen LogP contribution is 2.21. The predicted molar refractivity (Wildman–Crippen MR) is 60.0 cm³/mol. The standard InChI is InChI=1S/C10H15N3O3/c1-8(2)3-5-11-9-7-12(14)6-4-10(9)13(15)16/h4,6-8,11H,3,5H2,1-2H3. The molecule has 0 saturated heterocycles. The summed E-state index contributed by atoms with van der Waals surface area (Å²) in [6.45, 7) is 4.74. The number of rotatable bonds is 5. The summed E-state index contributed by atoms with van der Waals surface area (Å²) in [5.41, 5.74) is 0.194. The predicted octanol–water partition coefficient (Wildman–Crippen LogP) is 1.69. The van der Waals surface area contributed by atoms with Crippen molar-refractivity contribution in [3.8, 4) is 0 Å². The maximum atomic E-state index is 11.0. The molecule has 0 aliphatic heterocycles. The Bertz CT molecular complexity index is 380. The van der Waals surface area contributed by atoms with Crippen LogP contribution in [0.2, 0.25) is 0 Å². The van der Waals surface area contributed by atoms with Crippen LogP contribution in [0.25, 0.3) is 0 Å². The molecule has 0 amide bonds. The molecule has 1 N–H and O–H groups in total. The summed E-state index contributed by atoms with van der Waals surface area (Å²) in [5, 5.41) is 24.6. The first-order valence-corrected chi connectivity index (χ1v) is 5.11. The monoisotopic (exact) mass is 225 g/mol. The molecular weight excluding hydrogens is 210 g/mol. The molecule has 1 aromatic rings. The second-order valence-corrected chi connectivity index (χ2v) is 3.97. The fourth-order valence-corrected chi connectivity index (χ4v) is 1.26. The topological polar surface area (TPSA) is 82.1 Å². The van der Waals surface area contributed by atoms with E-state index in [1.807, 2.05) is 0 Å². The van der Waals surface area contributed by atoms with E-state index in [-0.39, 0.29) is 11.4 Å². The van der Waals surface area contributed by atoms with E-state index in [9.17, 15) is 15.3 Å². The number of hydrogen-bond donors (Lipinski definition) is 1. The van der Waals surface area contributed by atoms with Crippen LogP contribution in [0.1, 0.15) is 20.3 Å². The van der Waals surface area contributed by atoms with Crippen molar-refractivity contribution >= 4 is 11.4 Å². The molecular formula is C10H15N3O3. The summed E-state index contributed by atoms with van der Waals surface area (Å²) in [7, 11) is 0. The molecule has 1 heterocycles. The molecule has 0 radical (unpaired) electrons. The van der Waals surface area contributed by atoms with Crippen molar-refractivity contribution in [1.29, 1.82) is 0 Å². The maximum absolute atomic E-state index is 11.0. The van der Waals surface area contributed by atoms with Gasteiger partial charge >= 0.3 is 5.69 Å². The van der Waals surface area contributed by atoms with Crippen molar-refractivity contribution in [1.82, 2.24) is 0 Å². The molecule has 0 fully saturated rings. The van der Waals surface area contributed by atoms with Crippen LogP contribution in [0.3, 0.4) is 0 Å². The van der Waals surface area contributed by atoms with Crippen LogP contribution in [0, 0.1) is 21.2 Å². The molecule has 0 aromatic carbocycles. The van der Waals surface area contributed by atoms with Gasteiger partial charge in [0.25, 0.3) is 0 Å². The number of nitrogens with one attached hydrogen (secondary N) is 1. The van der Waals surface area contributed by atoms with Crippen molar-refractivity contribution in [2.75, 3.05) is 11.9 Å². The molecule has 0 atom stereocenters. The van der Waals surface area contributed by atoms with E-state index >= 15 is 0 Å². The van der Waals surface area contributed by atoms with Gasteiger partial charge in [0.15, 0.2) is 11.9 Å². The van der Waals surface area contributed by atoms with Crippen LogP contribution >= 0.6 is 0 Å². The smallest absolute Gasteiger partial charge is 0.304 e. The zero-order chi connectivity index (χ0) is 12.1. The molecule has 1 rings (SSSR count). The molecule has 6 heteroatoms. The number of aromatic nitrogens is 1. The molecule has 0 aliphatic rings. The Labute approximate surface area is 93.6 Å². The van der Waals surface area contributed by atoms with Crippen LogP contribution < -0.4 is 10.0 Å². The highest BCUT2D eigenvalue weighted by atomic mass is 16.6. The van der Waals surface area contributed by atoms with Crippen molar-refractivity contribution in [3.63, 3.8) is 0 Å². The fraction of sp³-hybridized carbons (Fsp3) is 0.500. The molecule has 88 valence electrons. The second kappa shape index (κ2) is 5.29. The Morgan fingerprint density at radius 1 is 1.56 bits per heavy atom. The minimum atomic E-state index is -0.502. The lowest BCUT2D eigenvalue weighted by Gasteiger charge is -2.07. The van der Waals surface area contributed by atoms with Crippen LogP contribution in [0.4, 0.5) is 11.4 Å². The van der Waals surface area contributed by atoms with Crippen LogP contribution in [-0.4, -0.2) is 11.5 Å². The molecule has 0 aliphatic carbocycles. The highest BCUT2D eigenvalue weighted by molar-refractivity contribution is 5.58. The van der Waals surface area contributed by atoms with Gasteiger partial charge in [-0.05, 0) is 12.3 Å². The SMILES string of the molecule is CC(C)CCNc1c[n+]([O-])ccc1[N+](=O)[O-]. The quantitative estimate of drug-likeness (QED) is 0.358. The van der Waals surface area contributed by atoms with Gasteiger partial charge in [-0.2, -0.15) is 4.73 Å². The number of hydrogen-bond acceptors (Lipinski definition) is 4. The number of pyridine rings is 1. The fourth-order valence-electron chi connectivity index (χ4n) is 1.26. The molecule has 0 saturated carbocycles. The molecule has 0 unspecified atom stereocenters. The van der Waals surface area contributed by atoms with Crippen molar-refractivity contribution in [2.45, 2.75) is 20.3 Å². The molecule has 6 nitrogen and oxygen atoms in total. The summed E-state index contributed by atoms with van der Waals surface area (Å²) < 4.78 is 0.546. The summed E-state index contributed by atoms with van der Waals surface area (Å²) >= 11 is 0. The largest absolute Gasteiger partial charge is 0.619 e. The van der Waals surface area contributed by atoms with E-state index in [1.54, 1.807) is 0 Å². The Morgan fingerprint density at radius 3 is 2.81 bits per heavy atom. The third kappa shape index (κ3) is 3.38. The Hall–Kier alpha value is -1.85. The zero-order valence-electron chi connectivity index (χ0n) is 9.34. The van der Waals surface area contributed by atoms with E-state index in [2.05, 4.69) is 19.2 Å². The number of anilines is 1. The summed E-state index contributed by atoms with van der Waals surface area (Å²) in [6.07, 6.45) is 3.19. The van der Waals surface area contributed by atoms with Crippen molar-refractivity contribution < 1.29 is 9.65 Å². The van der Waals surface area contributed by atoms with Gasteiger partial charge in [0.05, 0.1) is 11.0 Å². The van der Waals surface area contributed by atoms with Crippen molar-refractivity contribution in [2.24, 2.45) is 5.92 Å². The third-order valence-electron chi connectivity index (χ3n) is 2.15. The van der Waals surface area contributed by atoms with Crippen LogP contribution in [0.5, 0.6) is 0 Å². The summed E-state index contributed by atoms with van der Waals surface area (Å²) in [4.78, 5) is 10.2. The molecule has 1 aromatic heterocycles. The van der Waals surface area contributed by atoms with E-state index in [0.717, 1.165) is 12.6 Å². The highest BCUT2D eigenvalue weighted by Gasteiger charge is 2.16. The summed E-state index contributed by atoms with van der Waals surface area (Å²) in [6, 6.07) is 1.20. The van der Waals surface area contributed by atoms with Crippen LogP contribution in [0.15, 0.2) is 18.5 Å². The van der Waals surface area contributed by atoms with E-state index in [0.29, 0.717) is 17.2 Å². The van der Waals surface area contributed by atoms with E-state index in [4.69, 9.17) is 0 Å². The van der Waals surface area contributed by atoms with Crippen molar-refractivity contribution in [3.05, 3.63) is 33.8 Å². The van der Waals surface area contributed by atoms with Gasteiger partial charge < -0.3 is 10.5 Å². The number of nitrogens with zero attached hydrogens (tertiary/aromatic N) is 2. The average molecular weight is 225 g/mol. The minimum Gasteiger partial charge on any atom is -0.619 e. The van der Waals surface area contributed by atoms with Gasteiger partial charge in [-0.15, -0.1) is 0 Å². The normalized spacial score (nSPS) is 10.4. The molecule has 16 heavy (non-hydrogen) atoms. The third-order valence-corrected chi connectivity index (χ3v) is 2.15. The first kappa shape index (κ1) is 12.2. The summed E-state index contributed by atoms with van der Waals surface area (Å²) in [5.74, 6) is 0.509. The van der Waals surface area contributed by atoms with E-state index in [1.165, 1.54) is 12.3 Å². The van der Waals surface area contributed by atoms with Gasteiger partial charge in [0.1, 0.15) is 0 Å². The zero-order valence-corrected chi connectivity index (χ0v) is 9.34. The molecule has 0 spiro atoms. The second-order valence-electron chi connectivity index (χ2n) is 3.97. The van der Waals surface area contributed by atoms with Gasteiger partial charge in [0.2, 0.25) is 6.20 Å². The van der Waals surface area contributed by atoms with Gasteiger partial charge in [-0.1, -0.05) is 13.8 Å². The Kier molecular flexibility index (Phi) is 4.04. The first-order valence-electron chi connectivity index (χ1n) is 5.11. The lowest BCUT2D eigenvalue weighted by atomic mass is 10.1. The lowest BCUT2D eigenvalue weighted by molar-refractivity contribution is -0.605. The lowest BCUT2D eigenvalue weighted by Crippen LogP contribution is -2.25. The van der Waals surface area contributed by atoms with E-state index < -0.39 is 4.92 Å². The minimum absolute atomic E-state index is 0.0733. The van der Waals surface area contributed by atoms with Gasteiger partial charge in [-0.25, -0.2) is 0 Å². The van der Waals surface area contributed by atoms with Gasteiger partial charge in [0, 0.05) is 6.54 Å². The maximum Gasteiger partial charge on any atom is 0.304 e. The first-order chi connectivity index (χ1) is 7.50. The number of nitro groups is 1. The molecule has 0 bridgehead atoms. The van der Waals surface area contributed by atoms with Gasteiger partial charge in [-0.3, -0.25) is 10.1 Å². The Morgan fingerprint density at radius 2 is 2.25 bits per heavy atom. The Balaban J connectivity index is 2.76. The average Bonchev–Trinajstić information content (AvgIpc) is 2.16.